The largest absolute Gasteiger partial charge is 0.497 e. The van der Waals surface area contributed by atoms with Gasteiger partial charge >= 0.3 is 0 Å². The van der Waals surface area contributed by atoms with Gasteiger partial charge in [-0.1, -0.05) is 11.3 Å². The van der Waals surface area contributed by atoms with E-state index in [2.05, 4.69) is 15.0 Å². The third kappa shape index (κ3) is 4.81. The Morgan fingerprint density at radius 2 is 1.94 bits per heavy atom. The third-order valence-electron chi connectivity index (χ3n) is 4.81. The van der Waals surface area contributed by atoms with Gasteiger partial charge in [-0.25, -0.2) is 21.8 Å². The van der Waals surface area contributed by atoms with Crippen molar-refractivity contribution in [2.75, 3.05) is 23.3 Å². The zero-order valence-electron chi connectivity index (χ0n) is 16.4. The summed E-state index contributed by atoms with van der Waals surface area (Å²) < 4.78 is 56.4. The van der Waals surface area contributed by atoms with E-state index in [1.54, 1.807) is 30.3 Å². The molecule has 164 valence electrons. The first kappa shape index (κ1) is 21.5. The molecule has 1 unspecified atom stereocenters. The third-order valence-corrected chi connectivity index (χ3v) is 9.00. The summed E-state index contributed by atoms with van der Waals surface area (Å²) in [5.41, 5.74) is 0.891. The molecule has 2 heterocycles. The van der Waals surface area contributed by atoms with Gasteiger partial charge in [-0.05, 0) is 48.9 Å². The summed E-state index contributed by atoms with van der Waals surface area (Å²) >= 11 is 1.10. The molecule has 1 aliphatic rings. The standard InChI is InChI=1S/C19H19N3O6S3/c1-28-14-3-5-15(6-4-14)31(26,27)22-19-21-16-7-2-12(10-17(16)29-19)18(23)20-13-8-9-30(24,25)11-13/h2-7,10,13H,8-9,11H2,1H3,(H,20,23)(H,21,22). The van der Waals surface area contributed by atoms with Crippen molar-refractivity contribution in [2.45, 2.75) is 17.4 Å². The van der Waals surface area contributed by atoms with E-state index in [9.17, 15) is 21.6 Å². The number of nitrogens with zero attached hydrogens (tertiary/aromatic N) is 1. The summed E-state index contributed by atoms with van der Waals surface area (Å²) in [6.07, 6.45) is 0.397. The molecule has 0 spiro atoms. The highest BCUT2D eigenvalue weighted by Crippen LogP contribution is 2.29. The van der Waals surface area contributed by atoms with E-state index in [1.807, 2.05) is 0 Å². The number of amides is 1. The minimum Gasteiger partial charge on any atom is -0.497 e. The molecule has 12 heteroatoms. The highest BCUT2D eigenvalue weighted by Gasteiger charge is 2.29. The molecule has 3 aromatic rings. The van der Waals surface area contributed by atoms with Gasteiger partial charge < -0.3 is 10.1 Å². The van der Waals surface area contributed by atoms with Crippen LogP contribution >= 0.6 is 11.3 Å². The molecule has 2 N–H and O–H groups in total. The molecule has 1 aliphatic heterocycles. The number of aromatic nitrogens is 1. The van der Waals surface area contributed by atoms with E-state index < -0.39 is 25.9 Å². The summed E-state index contributed by atoms with van der Waals surface area (Å²) in [7, 11) is -5.43. The van der Waals surface area contributed by atoms with E-state index in [4.69, 9.17) is 4.74 Å². The van der Waals surface area contributed by atoms with Gasteiger partial charge in [0.1, 0.15) is 5.75 Å². The number of carbonyl (C=O) groups excluding carboxylic acids is 1. The molecule has 1 atom stereocenters. The first-order chi connectivity index (χ1) is 14.6. The Morgan fingerprint density at radius 3 is 2.58 bits per heavy atom. The highest BCUT2D eigenvalue weighted by molar-refractivity contribution is 7.93. The van der Waals surface area contributed by atoms with Crippen LogP contribution in [0, 0.1) is 0 Å². The van der Waals surface area contributed by atoms with Gasteiger partial charge in [0, 0.05) is 11.6 Å². The molecular weight excluding hydrogens is 462 g/mol. The molecule has 1 aromatic heterocycles. The summed E-state index contributed by atoms with van der Waals surface area (Å²) in [6.45, 7) is 0. The smallest absolute Gasteiger partial charge is 0.263 e. The van der Waals surface area contributed by atoms with Gasteiger partial charge in [-0.3, -0.25) is 9.52 Å². The van der Waals surface area contributed by atoms with Gasteiger partial charge in [-0.15, -0.1) is 0 Å². The minimum atomic E-state index is -3.83. The first-order valence-electron chi connectivity index (χ1n) is 9.24. The summed E-state index contributed by atoms with van der Waals surface area (Å²) in [4.78, 5) is 16.8. The van der Waals surface area contributed by atoms with Crippen molar-refractivity contribution in [1.29, 1.82) is 0 Å². The van der Waals surface area contributed by atoms with Crippen LogP contribution in [0.4, 0.5) is 5.13 Å². The van der Waals surface area contributed by atoms with Crippen molar-refractivity contribution >= 4 is 52.5 Å². The van der Waals surface area contributed by atoms with Gasteiger partial charge in [0.25, 0.3) is 15.9 Å². The van der Waals surface area contributed by atoms with Crippen molar-refractivity contribution < 1.29 is 26.4 Å². The maximum atomic E-state index is 12.6. The van der Waals surface area contributed by atoms with Crippen LogP contribution in [-0.4, -0.2) is 52.4 Å². The Bertz CT molecular complexity index is 1350. The van der Waals surface area contributed by atoms with Crippen LogP contribution in [-0.2, 0) is 19.9 Å². The van der Waals surface area contributed by atoms with Crippen LogP contribution in [0.2, 0.25) is 0 Å². The lowest BCUT2D eigenvalue weighted by Crippen LogP contribution is -2.35. The highest BCUT2D eigenvalue weighted by atomic mass is 32.2. The predicted octanol–water partition coefficient (Wildman–Crippen LogP) is 2.02. The number of ether oxygens (including phenoxy) is 1. The van der Waals surface area contributed by atoms with E-state index in [0.717, 1.165) is 11.3 Å². The second-order valence-electron chi connectivity index (χ2n) is 7.06. The van der Waals surface area contributed by atoms with Crippen molar-refractivity contribution in [3.8, 4) is 5.75 Å². The maximum Gasteiger partial charge on any atom is 0.263 e. The summed E-state index contributed by atoms with van der Waals surface area (Å²) in [6, 6.07) is 10.4. The zero-order chi connectivity index (χ0) is 22.2. The Hall–Kier alpha value is -2.70. The zero-order valence-corrected chi connectivity index (χ0v) is 18.8. The molecule has 1 fully saturated rings. The van der Waals surface area contributed by atoms with Gasteiger partial charge in [0.15, 0.2) is 15.0 Å². The number of anilines is 1. The average Bonchev–Trinajstić information content (AvgIpc) is 3.28. The second kappa shape index (κ2) is 8.09. The van der Waals surface area contributed by atoms with Crippen molar-refractivity contribution in [3.63, 3.8) is 0 Å². The molecule has 2 aromatic carbocycles. The number of methoxy groups -OCH3 is 1. The van der Waals surface area contributed by atoms with Gasteiger partial charge in [0.2, 0.25) is 0 Å². The van der Waals surface area contributed by atoms with Crippen molar-refractivity contribution in [1.82, 2.24) is 10.3 Å². The number of rotatable bonds is 6. The van der Waals surface area contributed by atoms with Crippen LogP contribution in [0.3, 0.4) is 0 Å². The maximum absolute atomic E-state index is 12.6. The molecule has 9 nitrogen and oxygen atoms in total. The summed E-state index contributed by atoms with van der Waals surface area (Å²) in [5.74, 6) is 0.181. The lowest BCUT2D eigenvalue weighted by atomic mass is 10.2. The van der Waals surface area contributed by atoms with Crippen LogP contribution in [0.15, 0.2) is 47.4 Å². The van der Waals surface area contributed by atoms with Crippen LogP contribution in [0.1, 0.15) is 16.8 Å². The van der Waals surface area contributed by atoms with Crippen molar-refractivity contribution in [2.24, 2.45) is 0 Å². The lowest BCUT2D eigenvalue weighted by molar-refractivity contribution is 0.0941. The predicted molar refractivity (Wildman–Crippen MR) is 118 cm³/mol. The number of nitrogens with one attached hydrogen (secondary N) is 2. The second-order valence-corrected chi connectivity index (χ2v) is 12.0. The molecule has 4 rings (SSSR count). The van der Waals surface area contributed by atoms with Crippen LogP contribution in [0.25, 0.3) is 10.2 Å². The average molecular weight is 482 g/mol. The molecule has 31 heavy (non-hydrogen) atoms. The Kier molecular flexibility index (Phi) is 5.62. The molecule has 1 saturated heterocycles. The number of sulfonamides is 1. The van der Waals surface area contributed by atoms with E-state index >= 15 is 0 Å². The fraction of sp³-hybridized carbons (Fsp3) is 0.263. The normalized spacial score (nSPS) is 18.0. The van der Waals surface area contributed by atoms with Crippen LogP contribution in [0.5, 0.6) is 5.75 Å². The molecule has 0 bridgehead atoms. The van der Waals surface area contributed by atoms with Crippen LogP contribution < -0.4 is 14.8 Å². The fourth-order valence-corrected chi connectivity index (χ4v) is 7.03. The Balaban J connectivity index is 1.51. The minimum absolute atomic E-state index is 0.0567. The topological polar surface area (TPSA) is 132 Å². The lowest BCUT2D eigenvalue weighted by Gasteiger charge is -2.10. The Labute approximate surface area is 183 Å². The van der Waals surface area contributed by atoms with Gasteiger partial charge in [-0.2, -0.15) is 0 Å². The number of hydrogen-bond acceptors (Lipinski definition) is 8. The first-order valence-corrected chi connectivity index (χ1v) is 13.4. The molecule has 1 amide bonds. The number of fused-ring (bicyclic) bond motifs is 1. The van der Waals surface area contributed by atoms with E-state index in [0.29, 0.717) is 28.0 Å². The fourth-order valence-electron chi connectivity index (χ4n) is 3.22. The Morgan fingerprint density at radius 1 is 1.19 bits per heavy atom. The number of sulfone groups is 1. The quantitative estimate of drug-likeness (QED) is 0.551. The van der Waals surface area contributed by atoms with Crippen molar-refractivity contribution in [3.05, 3.63) is 48.0 Å². The number of benzene rings is 2. The molecule has 0 aliphatic carbocycles. The molecule has 0 radical (unpaired) electrons. The molecular formula is C19H19N3O6S3. The van der Waals surface area contributed by atoms with E-state index in [1.165, 1.54) is 19.2 Å². The number of hydrogen-bond donors (Lipinski definition) is 2. The number of carbonyl (C=O) groups is 1. The monoisotopic (exact) mass is 481 g/mol. The summed E-state index contributed by atoms with van der Waals surface area (Å²) in [5, 5.41) is 2.91. The van der Waals surface area contributed by atoms with Gasteiger partial charge in [0.05, 0.1) is 33.7 Å². The number of thiazole rings is 1. The molecule has 0 saturated carbocycles. The van der Waals surface area contributed by atoms with E-state index in [-0.39, 0.29) is 27.4 Å². The SMILES string of the molecule is COc1ccc(S(=O)(=O)Nc2nc3ccc(C(=O)NC4CCS(=O)(=O)C4)cc3s2)cc1.